The molecule has 0 saturated carbocycles. The lowest BCUT2D eigenvalue weighted by molar-refractivity contribution is 0.217. The fourth-order valence-electron chi connectivity index (χ4n) is 2.38. The smallest absolute Gasteiger partial charge is 0.120 e. The molecule has 0 saturated heterocycles. The van der Waals surface area contributed by atoms with Crippen LogP contribution in [0.1, 0.15) is 37.8 Å². The summed E-state index contributed by atoms with van der Waals surface area (Å²) >= 11 is 0. The summed E-state index contributed by atoms with van der Waals surface area (Å²) in [6.45, 7) is 6.29. The molecule has 2 nitrogen and oxygen atoms in total. The predicted molar refractivity (Wildman–Crippen MR) is 71.7 cm³/mol. The highest BCUT2D eigenvalue weighted by molar-refractivity contribution is 5.38. The van der Waals surface area contributed by atoms with Crippen LogP contribution >= 0.6 is 0 Å². The molecule has 1 aliphatic rings. The molecule has 0 radical (unpaired) electrons. The third kappa shape index (κ3) is 3.47. The normalized spacial score (nSPS) is 15.6. The summed E-state index contributed by atoms with van der Waals surface area (Å²) in [5.74, 6) is 1.02. The summed E-state index contributed by atoms with van der Waals surface area (Å²) in [6, 6.07) is 6.56. The molecule has 2 heteroatoms. The second-order valence-corrected chi connectivity index (χ2v) is 4.92. The maximum Gasteiger partial charge on any atom is 0.120 e. The van der Waals surface area contributed by atoms with Crippen LogP contribution in [0.4, 0.5) is 0 Å². The molecule has 1 aromatic carbocycles. The van der Waals surface area contributed by atoms with E-state index in [1.807, 2.05) is 0 Å². The third-order valence-electron chi connectivity index (χ3n) is 3.27. The quantitative estimate of drug-likeness (QED) is 0.763. The zero-order valence-corrected chi connectivity index (χ0v) is 11.0. The first-order valence-electron chi connectivity index (χ1n) is 6.78. The molecule has 1 unspecified atom stereocenters. The minimum atomic E-state index is 0.237. The van der Waals surface area contributed by atoms with Crippen molar-refractivity contribution in [2.75, 3.05) is 13.1 Å². The molecular formula is C15H23NO. The van der Waals surface area contributed by atoms with Gasteiger partial charge in [0.1, 0.15) is 11.9 Å². The molecular weight excluding hydrogens is 210 g/mol. The van der Waals surface area contributed by atoms with Crippen molar-refractivity contribution in [3.63, 3.8) is 0 Å². The van der Waals surface area contributed by atoms with Crippen molar-refractivity contribution in [2.24, 2.45) is 0 Å². The SMILES string of the molecule is CCCNCC(C)Oc1ccc2c(c1)CCC2. The van der Waals surface area contributed by atoms with Crippen LogP contribution in [0.15, 0.2) is 18.2 Å². The van der Waals surface area contributed by atoms with Crippen molar-refractivity contribution in [2.45, 2.75) is 45.6 Å². The zero-order chi connectivity index (χ0) is 12.1. The van der Waals surface area contributed by atoms with Crippen LogP contribution in [-0.2, 0) is 12.8 Å². The average Bonchev–Trinajstić information content (AvgIpc) is 2.76. The van der Waals surface area contributed by atoms with Gasteiger partial charge in [0.05, 0.1) is 0 Å². The Balaban J connectivity index is 1.86. The molecule has 17 heavy (non-hydrogen) atoms. The molecule has 1 aliphatic carbocycles. The summed E-state index contributed by atoms with van der Waals surface area (Å²) in [4.78, 5) is 0. The van der Waals surface area contributed by atoms with Gasteiger partial charge >= 0.3 is 0 Å². The first kappa shape index (κ1) is 12.4. The summed E-state index contributed by atoms with van der Waals surface area (Å²) < 4.78 is 5.92. The van der Waals surface area contributed by atoms with Gasteiger partial charge in [-0.15, -0.1) is 0 Å². The topological polar surface area (TPSA) is 21.3 Å². The molecule has 2 rings (SSSR count). The van der Waals surface area contributed by atoms with Gasteiger partial charge in [0, 0.05) is 6.54 Å². The van der Waals surface area contributed by atoms with Crippen LogP contribution in [0.25, 0.3) is 0 Å². The fourth-order valence-corrected chi connectivity index (χ4v) is 2.38. The zero-order valence-electron chi connectivity index (χ0n) is 11.0. The average molecular weight is 233 g/mol. The Morgan fingerprint density at radius 3 is 2.94 bits per heavy atom. The third-order valence-corrected chi connectivity index (χ3v) is 3.27. The molecule has 0 aliphatic heterocycles. The van der Waals surface area contributed by atoms with Gasteiger partial charge in [0.25, 0.3) is 0 Å². The molecule has 0 spiro atoms. The summed E-state index contributed by atoms with van der Waals surface area (Å²) in [5, 5.41) is 3.38. The van der Waals surface area contributed by atoms with Crippen molar-refractivity contribution < 1.29 is 4.74 Å². The van der Waals surface area contributed by atoms with E-state index in [4.69, 9.17) is 4.74 Å². The van der Waals surface area contributed by atoms with Gasteiger partial charge in [0.2, 0.25) is 0 Å². The number of hydrogen-bond donors (Lipinski definition) is 1. The summed E-state index contributed by atoms with van der Waals surface area (Å²) in [7, 11) is 0. The first-order valence-corrected chi connectivity index (χ1v) is 6.78. The van der Waals surface area contributed by atoms with Gasteiger partial charge in [-0.25, -0.2) is 0 Å². The number of fused-ring (bicyclic) bond motifs is 1. The number of hydrogen-bond acceptors (Lipinski definition) is 2. The molecule has 0 heterocycles. The molecule has 0 fully saturated rings. The van der Waals surface area contributed by atoms with Crippen molar-refractivity contribution in [3.05, 3.63) is 29.3 Å². The van der Waals surface area contributed by atoms with Gasteiger partial charge in [0.15, 0.2) is 0 Å². The summed E-state index contributed by atoms with van der Waals surface area (Å²) in [6.07, 6.45) is 5.16. The van der Waals surface area contributed by atoms with Crippen molar-refractivity contribution in [1.29, 1.82) is 0 Å². The monoisotopic (exact) mass is 233 g/mol. The molecule has 0 bridgehead atoms. The Hall–Kier alpha value is -1.02. The molecule has 0 aromatic heterocycles. The van der Waals surface area contributed by atoms with E-state index >= 15 is 0 Å². The van der Waals surface area contributed by atoms with Crippen molar-refractivity contribution in [1.82, 2.24) is 5.32 Å². The van der Waals surface area contributed by atoms with E-state index in [9.17, 15) is 0 Å². The Labute approximate surface area is 104 Å². The van der Waals surface area contributed by atoms with Gasteiger partial charge < -0.3 is 10.1 Å². The lowest BCUT2D eigenvalue weighted by Gasteiger charge is -2.16. The Kier molecular flexibility index (Phi) is 4.43. The Morgan fingerprint density at radius 2 is 2.12 bits per heavy atom. The predicted octanol–water partition coefficient (Wildman–Crippen LogP) is 2.94. The molecule has 94 valence electrons. The van der Waals surface area contributed by atoms with Crippen molar-refractivity contribution >= 4 is 0 Å². The summed E-state index contributed by atoms with van der Waals surface area (Å²) in [5.41, 5.74) is 2.99. The minimum absolute atomic E-state index is 0.237. The maximum atomic E-state index is 5.92. The largest absolute Gasteiger partial charge is 0.489 e. The number of nitrogens with one attached hydrogen (secondary N) is 1. The highest BCUT2D eigenvalue weighted by atomic mass is 16.5. The molecule has 0 amide bonds. The van der Waals surface area contributed by atoms with Crippen LogP contribution < -0.4 is 10.1 Å². The van der Waals surface area contributed by atoms with Crippen molar-refractivity contribution in [3.8, 4) is 5.75 Å². The van der Waals surface area contributed by atoms with E-state index in [1.54, 1.807) is 0 Å². The minimum Gasteiger partial charge on any atom is -0.489 e. The van der Waals surface area contributed by atoms with Crippen LogP contribution in [0.3, 0.4) is 0 Å². The van der Waals surface area contributed by atoms with E-state index in [1.165, 1.54) is 36.8 Å². The standard InChI is InChI=1S/C15H23NO/c1-3-9-16-11-12(2)17-15-8-7-13-5-4-6-14(13)10-15/h7-8,10,12,16H,3-6,9,11H2,1-2H3. The van der Waals surface area contributed by atoms with Crippen LogP contribution in [-0.4, -0.2) is 19.2 Å². The van der Waals surface area contributed by atoms with E-state index in [0.29, 0.717) is 0 Å². The number of aryl methyl sites for hydroxylation is 2. The van der Waals surface area contributed by atoms with E-state index < -0.39 is 0 Å². The van der Waals surface area contributed by atoms with E-state index in [-0.39, 0.29) is 6.10 Å². The molecule has 1 aromatic rings. The Bertz CT molecular complexity index is 362. The molecule has 1 atom stereocenters. The lowest BCUT2D eigenvalue weighted by Crippen LogP contribution is -2.29. The second-order valence-electron chi connectivity index (χ2n) is 4.92. The van der Waals surface area contributed by atoms with Gasteiger partial charge in [-0.1, -0.05) is 13.0 Å². The number of ether oxygens (including phenoxy) is 1. The van der Waals surface area contributed by atoms with Gasteiger partial charge in [-0.2, -0.15) is 0 Å². The van der Waals surface area contributed by atoms with Gasteiger partial charge in [-0.05, 0) is 62.4 Å². The highest BCUT2D eigenvalue weighted by Gasteiger charge is 2.12. The van der Waals surface area contributed by atoms with E-state index in [0.717, 1.165) is 18.8 Å². The Morgan fingerprint density at radius 1 is 1.29 bits per heavy atom. The molecule has 1 N–H and O–H groups in total. The van der Waals surface area contributed by atoms with Crippen LogP contribution in [0, 0.1) is 0 Å². The fraction of sp³-hybridized carbons (Fsp3) is 0.600. The second kappa shape index (κ2) is 6.06. The van der Waals surface area contributed by atoms with E-state index in [2.05, 4.69) is 37.4 Å². The van der Waals surface area contributed by atoms with Crippen LogP contribution in [0.2, 0.25) is 0 Å². The maximum absolute atomic E-state index is 5.92. The highest BCUT2D eigenvalue weighted by Crippen LogP contribution is 2.26. The number of benzene rings is 1. The van der Waals surface area contributed by atoms with Crippen LogP contribution in [0.5, 0.6) is 5.75 Å². The first-order chi connectivity index (χ1) is 8.29. The lowest BCUT2D eigenvalue weighted by atomic mass is 10.1. The number of rotatable bonds is 6. The van der Waals surface area contributed by atoms with Gasteiger partial charge in [-0.3, -0.25) is 0 Å².